The van der Waals surface area contributed by atoms with Gasteiger partial charge >= 0.3 is 6.03 Å². The molecule has 0 radical (unpaired) electrons. The minimum absolute atomic E-state index is 0.249. The van der Waals surface area contributed by atoms with Crippen LogP contribution in [0.5, 0.6) is 0 Å². The Morgan fingerprint density at radius 1 is 1.29 bits per heavy atom. The lowest BCUT2D eigenvalue weighted by molar-refractivity contribution is 0.246. The van der Waals surface area contributed by atoms with Crippen LogP contribution in [-0.4, -0.2) is 12.2 Å². The first-order chi connectivity index (χ1) is 6.77. The molecule has 14 heavy (non-hydrogen) atoms. The van der Waals surface area contributed by atoms with Gasteiger partial charge in [0.1, 0.15) is 6.17 Å². The summed E-state index contributed by atoms with van der Waals surface area (Å²) in [6, 6.07) is 9.11. The van der Waals surface area contributed by atoms with E-state index in [-0.39, 0.29) is 18.2 Å². The number of urea groups is 1. The molecule has 1 fully saturated rings. The Morgan fingerprint density at radius 2 is 2.00 bits per heavy atom. The van der Waals surface area contributed by atoms with Crippen molar-refractivity contribution in [1.29, 1.82) is 0 Å². The van der Waals surface area contributed by atoms with Crippen LogP contribution >= 0.6 is 0 Å². The molecule has 2 atom stereocenters. The van der Waals surface area contributed by atoms with E-state index in [1.54, 1.807) is 0 Å². The highest BCUT2D eigenvalue weighted by molar-refractivity contribution is 5.75. The second kappa shape index (κ2) is 3.65. The summed E-state index contributed by atoms with van der Waals surface area (Å²) in [6.45, 7) is 0. The molecule has 1 heterocycles. The molecule has 5 N–H and O–H groups in total. The summed E-state index contributed by atoms with van der Waals surface area (Å²) < 4.78 is 0. The predicted octanol–water partition coefficient (Wildman–Crippen LogP) is -0.170. The van der Waals surface area contributed by atoms with E-state index >= 15 is 0 Å². The van der Waals surface area contributed by atoms with Gasteiger partial charge < -0.3 is 11.1 Å². The average Bonchev–Trinajstić information content (AvgIpc) is 2.65. The summed E-state index contributed by atoms with van der Waals surface area (Å²) in [5, 5.41) is 2.67. The Labute approximate surface area is 81.6 Å². The fraction of sp³-hybridized carbons (Fsp3) is 0.222. The highest BCUT2D eigenvalue weighted by atomic mass is 16.2. The van der Waals surface area contributed by atoms with Gasteiger partial charge in [-0.3, -0.25) is 5.43 Å². The molecule has 1 aromatic carbocycles. The Kier molecular flexibility index (Phi) is 2.34. The van der Waals surface area contributed by atoms with Crippen molar-refractivity contribution in [3.8, 4) is 0 Å². The number of rotatable bonds is 2. The van der Waals surface area contributed by atoms with Crippen molar-refractivity contribution >= 4 is 6.03 Å². The number of hydrazine groups is 1. The zero-order valence-corrected chi connectivity index (χ0v) is 7.53. The zero-order chi connectivity index (χ0) is 9.97. The van der Waals surface area contributed by atoms with Crippen LogP contribution in [0.3, 0.4) is 0 Å². The molecule has 2 unspecified atom stereocenters. The lowest BCUT2D eigenvalue weighted by atomic mass is 10.1. The van der Waals surface area contributed by atoms with Crippen molar-refractivity contribution in [3.05, 3.63) is 35.9 Å². The van der Waals surface area contributed by atoms with Gasteiger partial charge in [-0.1, -0.05) is 30.3 Å². The van der Waals surface area contributed by atoms with Crippen molar-refractivity contribution in [3.63, 3.8) is 0 Å². The molecular weight excluding hydrogens is 180 g/mol. The number of amides is 2. The van der Waals surface area contributed by atoms with E-state index < -0.39 is 0 Å². The summed E-state index contributed by atoms with van der Waals surface area (Å²) in [5.41, 5.74) is 12.1. The van der Waals surface area contributed by atoms with Crippen LogP contribution in [-0.2, 0) is 0 Å². The van der Waals surface area contributed by atoms with Gasteiger partial charge in [-0.15, -0.1) is 0 Å². The van der Waals surface area contributed by atoms with Crippen LogP contribution in [0, 0.1) is 0 Å². The van der Waals surface area contributed by atoms with E-state index in [9.17, 15) is 4.79 Å². The van der Waals surface area contributed by atoms with Crippen LogP contribution in [0.15, 0.2) is 30.3 Å². The first-order valence-electron chi connectivity index (χ1n) is 4.40. The van der Waals surface area contributed by atoms with Crippen molar-refractivity contribution in [1.82, 2.24) is 16.2 Å². The molecule has 0 saturated carbocycles. The number of benzene rings is 1. The number of nitrogens with two attached hydrogens (primary N) is 1. The highest BCUT2D eigenvalue weighted by Gasteiger charge is 2.26. The van der Waals surface area contributed by atoms with E-state index in [1.807, 2.05) is 30.3 Å². The smallest absolute Gasteiger partial charge is 0.321 e. The third kappa shape index (κ3) is 1.68. The summed E-state index contributed by atoms with van der Waals surface area (Å²) in [7, 11) is 0. The molecule has 2 amide bonds. The molecule has 0 spiro atoms. The number of carbonyl (C=O) groups excluding carboxylic acids is 1. The topological polar surface area (TPSA) is 79.2 Å². The van der Waals surface area contributed by atoms with Crippen LogP contribution in [0.4, 0.5) is 4.79 Å². The van der Waals surface area contributed by atoms with E-state index in [0.717, 1.165) is 5.56 Å². The zero-order valence-electron chi connectivity index (χ0n) is 7.53. The maximum Gasteiger partial charge on any atom is 0.330 e. The predicted molar refractivity (Wildman–Crippen MR) is 52.0 cm³/mol. The molecule has 1 aromatic rings. The Morgan fingerprint density at radius 3 is 2.57 bits per heavy atom. The quantitative estimate of drug-likeness (QED) is 0.525. The van der Waals surface area contributed by atoms with Gasteiger partial charge in [-0.2, -0.15) is 0 Å². The van der Waals surface area contributed by atoms with Gasteiger partial charge in [0.2, 0.25) is 0 Å². The third-order valence-corrected chi connectivity index (χ3v) is 2.17. The number of hydrogen-bond acceptors (Lipinski definition) is 3. The largest absolute Gasteiger partial charge is 0.330 e. The molecule has 1 saturated heterocycles. The van der Waals surface area contributed by atoms with Crippen molar-refractivity contribution in [2.24, 2.45) is 5.73 Å². The van der Waals surface area contributed by atoms with Crippen molar-refractivity contribution in [2.75, 3.05) is 0 Å². The molecule has 0 aromatic heterocycles. The maximum absolute atomic E-state index is 10.8. The molecule has 1 aliphatic heterocycles. The van der Waals surface area contributed by atoms with E-state index in [0.29, 0.717) is 0 Å². The van der Waals surface area contributed by atoms with Gasteiger partial charge in [0.25, 0.3) is 0 Å². The first-order valence-corrected chi connectivity index (χ1v) is 4.40. The summed E-state index contributed by atoms with van der Waals surface area (Å²) in [4.78, 5) is 10.8. The Bertz CT molecular complexity index is 327. The lowest BCUT2D eigenvalue weighted by Gasteiger charge is -2.18. The molecule has 5 nitrogen and oxygen atoms in total. The standard InChI is InChI=1S/C9H12N4O/c10-7(6-4-2-1-3-5-6)8-11-9(14)13-12-8/h1-5,7-8,12H,10H2,(H2,11,13,14). The van der Waals surface area contributed by atoms with Gasteiger partial charge in [0.15, 0.2) is 0 Å². The number of nitrogens with one attached hydrogen (secondary N) is 3. The Hall–Kier alpha value is -1.59. The highest BCUT2D eigenvalue weighted by Crippen LogP contribution is 2.12. The van der Waals surface area contributed by atoms with Gasteiger partial charge in [-0.25, -0.2) is 10.2 Å². The monoisotopic (exact) mass is 192 g/mol. The van der Waals surface area contributed by atoms with E-state index in [2.05, 4.69) is 16.2 Å². The minimum atomic E-state index is -0.259. The fourth-order valence-electron chi connectivity index (χ4n) is 1.40. The molecular formula is C9H12N4O. The minimum Gasteiger partial charge on any atom is -0.321 e. The van der Waals surface area contributed by atoms with Gasteiger partial charge in [0.05, 0.1) is 6.04 Å². The normalized spacial score (nSPS) is 22.6. The van der Waals surface area contributed by atoms with Crippen LogP contribution < -0.4 is 21.9 Å². The fourth-order valence-corrected chi connectivity index (χ4v) is 1.40. The second-order valence-corrected chi connectivity index (χ2v) is 3.16. The average molecular weight is 192 g/mol. The van der Waals surface area contributed by atoms with Crippen molar-refractivity contribution in [2.45, 2.75) is 12.2 Å². The van der Waals surface area contributed by atoms with Crippen LogP contribution in [0.1, 0.15) is 11.6 Å². The summed E-state index contributed by atoms with van der Waals surface area (Å²) >= 11 is 0. The molecule has 0 bridgehead atoms. The van der Waals surface area contributed by atoms with E-state index in [1.165, 1.54) is 0 Å². The SMILES string of the molecule is NC(c1ccccc1)C1NNC(=O)N1. The summed E-state index contributed by atoms with van der Waals surface area (Å²) in [6.07, 6.45) is -0.259. The van der Waals surface area contributed by atoms with Crippen molar-refractivity contribution < 1.29 is 4.79 Å². The molecule has 1 aliphatic rings. The maximum atomic E-state index is 10.8. The molecule has 0 aliphatic carbocycles. The first kappa shape index (κ1) is 8.98. The van der Waals surface area contributed by atoms with Crippen LogP contribution in [0.2, 0.25) is 0 Å². The number of hydrogen-bond donors (Lipinski definition) is 4. The number of carbonyl (C=O) groups is 1. The van der Waals surface area contributed by atoms with E-state index in [4.69, 9.17) is 5.73 Å². The molecule has 2 rings (SSSR count). The Balaban J connectivity index is 2.09. The second-order valence-electron chi connectivity index (χ2n) is 3.16. The van der Waals surface area contributed by atoms with Gasteiger partial charge in [0, 0.05) is 0 Å². The molecule has 74 valence electrons. The van der Waals surface area contributed by atoms with Gasteiger partial charge in [-0.05, 0) is 5.56 Å². The van der Waals surface area contributed by atoms with Crippen LogP contribution in [0.25, 0.3) is 0 Å². The molecule has 5 heteroatoms. The third-order valence-electron chi connectivity index (χ3n) is 2.17. The lowest BCUT2D eigenvalue weighted by Crippen LogP contribution is -2.43. The summed E-state index contributed by atoms with van der Waals surface area (Å²) in [5.74, 6) is 0.